The van der Waals surface area contributed by atoms with Crippen LogP contribution < -0.4 is 10.6 Å². The molecule has 0 bridgehead atoms. The zero-order valence-electron chi connectivity index (χ0n) is 26.3. The zero-order chi connectivity index (χ0) is 31.6. The Morgan fingerprint density at radius 3 is 2.09 bits per heavy atom. The number of halogens is 2. The number of benzene rings is 3. The maximum Gasteiger partial charge on any atom is 0.251 e. The highest BCUT2D eigenvalue weighted by Gasteiger charge is 2.33. The van der Waals surface area contributed by atoms with Gasteiger partial charge in [-0.1, -0.05) is 83.9 Å². The summed E-state index contributed by atoms with van der Waals surface area (Å²) in [5, 5.41) is 7.49. The van der Waals surface area contributed by atoms with E-state index in [4.69, 9.17) is 23.2 Å². The molecule has 4 rings (SSSR count). The number of nitrogens with zero attached hydrogens (tertiary/aromatic N) is 2. The molecule has 0 radical (unpaired) electrons. The van der Waals surface area contributed by atoms with E-state index in [0.29, 0.717) is 53.7 Å². The molecule has 0 aromatic heterocycles. The first-order chi connectivity index (χ1) is 21.1. The lowest BCUT2D eigenvalue weighted by molar-refractivity contribution is -0.133. The molecule has 44 heavy (non-hydrogen) atoms. The molecule has 2 atom stereocenters. The van der Waals surface area contributed by atoms with Crippen LogP contribution in [0.15, 0.2) is 78.9 Å². The van der Waals surface area contributed by atoms with Gasteiger partial charge in [0.05, 0.1) is 16.1 Å². The first-order valence-electron chi connectivity index (χ1n) is 15.8. The molecule has 2 amide bonds. The van der Waals surface area contributed by atoms with Crippen molar-refractivity contribution in [1.82, 2.24) is 20.4 Å². The second-order valence-electron chi connectivity index (χ2n) is 12.3. The summed E-state index contributed by atoms with van der Waals surface area (Å²) in [4.78, 5) is 31.5. The molecule has 8 heteroatoms. The van der Waals surface area contributed by atoms with Crippen molar-refractivity contribution in [3.63, 3.8) is 0 Å². The van der Waals surface area contributed by atoms with Crippen LogP contribution >= 0.6 is 23.2 Å². The van der Waals surface area contributed by atoms with Gasteiger partial charge in [0.25, 0.3) is 5.91 Å². The third-order valence-electron chi connectivity index (χ3n) is 8.56. The summed E-state index contributed by atoms with van der Waals surface area (Å²) in [7, 11) is 0. The molecule has 6 nitrogen and oxygen atoms in total. The first-order valence-corrected chi connectivity index (χ1v) is 16.5. The van der Waals surface area contributed by atoms with E-state index in [1.807, 2.05) is 12.1 Å². The standard InChI is InChI=1S/C36H46Cl2N4O2/c1-25(2)42(26(3)4)22-19-34-36(44)41(24-31(27-11-7-5-8-12-27)28-13-9-6-10-14-28)21-18-30(40-34)17-20-39-35(43)29-15-16-32(37)33(38)23-29/h5-16,23,25-26,30-31,34,40H,17-22,24H2,1-4H3,(H,39,43)/t30-,34+/m1/s1. The Hall–Kier alpha value is -2.90. The van der Waals surface area contributed by atoms with Crippen LogP contribution in [0.2, 0.25) is 10.0 Å². The second kappa shape index (κ2) is 16.4. The van der Waals surface area contributed by atoms with Gasteiger partial charge in [-0.05, 0) is 76.3 Å². The molecule has 0 spiro atoms. The van der Waals surface area contributed by atoms with E-state index < -0.39 is 0 Å². The molecule has 1 fully saturated rings. The van der Waals surface area contributed by atoms with Gasteiger partial charge in [-0.3, -0.25) is 14.5 Å². The number of amides is 2. The lowest BCUT2D eigenvalue weighted by Gasteiger charge is -2.33. The van der Waals surface area contributed by atoms with Crippen molar-refractivity contribution in [1.29, 1.82) is 0 Å². The number of nitrogens with one attached hydrogen (secondary N) is 2. The summed E-state index contributed by atoms with van der Waals surface area (Å²) < 4.78 is 0. The summed E-state index contributed by atoms with van der Waals surface area (Å²) in [6.45, 7) is 11.4. The third kappa shape index (κ3) is 9.31. The molecule has 1 saturated heterocycles. The number of hydrogen-bond acceptors (Lipinski definition) is 4. The summed E-state index contributed by atoms with van der Waals surface area (Å²) in [6, 6.07) is 26.4. The van der Waals surface area contributed by atoms with Gasteiger partial charge < -0.3 is 15.5 Å². The number of hydrogen-bond donors (Lipinski definition) is 2. The molecule has 3 aromatic carbocycles. The Balaban J connectivity index is 1.50. The molecule has 0 saturated carbocycles. The van der Waals surface area contributed by atoms with Crippen LogP contribution in [0.4, 0.5) is 0 Å². The van der Waals surface area contributed by atoms with Gasteiger partial charge in [-0.15, -0.1) is 0 Å². The van der Waals surface area contributed by atoms with Gasteiger partial charge in [0.15, 0.2) is 0 Å². The average Bonchev–Trinajstić information content (AvgIpc) is 3.15. The van der Waals surface area contributed by atoms with Gasteiger partial charge >= 0.3 is 0 Å². The molecule has 3 aromatic rings. The molecular formula is C36H46Cl2N4O2. The lowest BCUT2D eigenvalue weighted by atomic mass is 9.90. The molecule has 0 aliphatic carbocycles. The van der Waals surface area contributed by atoms with Crippen molar-refractivity contribution in [2.24, 2.45) is 0 Å². The maximum absolute atomic E-state index is 14.2. The Morgan fingerprint density at radius 1 is 0.909 bits per heavy atom. The monoisotopic (exact) mass is 636 g/mol. The van der Waals surface area contributed by atoms with E-state index in [1.165, 1.54) is 11.1 Å². The highest BCUT2D eigenvalue weighted by Crippen LogP contribution is 2.27. The predicted molar refractivity (Wildman–Crippen MR) is 182 cm³/mol. The fourth-order valence-corrected chi connectivity index (χ4v) is 6.48. The second-order valence-corrected chi connectivity index (χ2v) is 13.1. The van der Waals surface area contributed by atoms with E-state index in [1.54, 1.807) is 18.2 Å². The van der Waals surface area contributed by atoms with E-state index in [-0.39, 0.29) is 29.8 Å². The summed E-state index contributed by atoms with van der Waals surface area (Å²) in [5.74, 6) is 0.0352. The number of rotatable bonds is 13. The fraction of sp³-hybridized carbons (Fsp3) is 0.444. The highest BCUT2D eigenvalue weighted by molar-refractivity contribution is 6.42. The van der Waals surface area contributed by atoms with Crippen molar-refractivity contribution in [3.05, 3.63) is 106 Å². The van der Waals surface area contributed by atoms with Crippen molar-refractivity contribution in [3.8, 4) is 0 Å². The molecular weight excluding hydrogens is 591 g/mol. The van der Waals surface area contributed by atoms with Crippen molar-refractivity contribution in [2.45, 2.75) is 77.0 Å². The smallest absolute Gasteiger partial charge is 0.251 e. The highest BCUT2D eigenvalue weighted by atomic mass is 35.5. The SMILES string of the molecule is CC(C)N(CC[C@@H]1N[C@H](CCNC(=O)c2ccc(Cl)c(Cl)c2)CCN(CC(c2ccccc2)c2ccccc2)C1=O)C(C)C. The minimum absolute atomic E-state index is 0.0758. The summed E-state index contributed by atoms with van der Waals surface area (Å²) in [6.07, 6.45) is 2.24. The van der Waals surface area contributed by atoms with E-state index in [0.717, 1.165) is 19.4 Å². The number of carbonyl (C=O) groups is 2. The Labute approximate surface area is 273 Å². The predicted octanol–water partition coefficient (Wildman–Crippen LogP) is 7.01. The van der Waals surface area contributed by atoms with Crippen LogP contribution in [-0.4, -0.2) is 72.0 Å². The maximum atomic E-state index is 14.2. The minimum Gasteiger partial charge on any atom is -0.352 e. The zero-order valence-corrected chi connectivity index (χ0v) is 27.8. The normalized spacial score (nSPS) is 17.5. The molecule has 0 unspecified atom stereocenters. The van der Waals surface area contributed by atoms with Crippen molar-refractivity contribution in [2.75, 3.05) is 26.2 Å². The van der Waals surface area contributed by atoms with Gasteiger partial charge in [0, 0.05) is 55.8 Å². The largest absolute Gasteiger partial charge is 0.352 e. The Kier molecular flexibility index (Phi) is 12.7. The van der Waals surface area contributed by atoms with Gasteiger partial charge in [-0.2, -0.15) is 0 Å². The van der Waals surface area contributed by atoms with Crippen LogP contribution in [0.5, 0.6) is 0 Å². The molecule has 236 valence electrons. The van der Waals surface area contributed by atoms with Crippen LogP contribution in [0.3, 0.4) is 0 Å². The van der Waals surface area contributed by atoms with Gasteiger partial charge in [0.1, 0.15) is 0 Å². The summed E-state index contributed by atoms with van der Waals surface area (Å²) in [5.41, 5.74) is 2.88. The minimum atomic E-state index is -0.305. The van der Waals surface area contributed by atoms with Gasteiger partial charge in [0.2, 0.25) is 5.91 Å². The quantitative estimate of drug-likeness (QED) is 0.212. The lowest BCUT2D eigenvalue weighted by Crippen LogP contribution is -2.49. The third-order valence-corrected chi connectivity index (χ3v) is 9.30. The summed E-state index contributed by atoms with van der Waals surface area (Å²) >= 11 is 12.1. The molecule has 2 N–H and O–H groups in total. The Morgan fingerprint density at radius 2 is 1.52 bits per heavy atom. The van der Waals surface area contributed by atoms with Gasteiger partial charge in [-0.25, -0.2) is 0 Å². The van der Waals surface area contributed by atoms with Crippen LogP contribution in [0, 0.1) is 0 Å². The molecule has 1 aliphatic heterocycles. The Bertz CT molecular complexity index is 1310. The topological polar surface area (TPSA) is 64.7 Å². The van der Waals surface area contributed by atoms with Crippen molar-refractivity contribution < 1.29 is 9.59 Å². The molecule has 1 heterocycles. The van der Waals surface area contributed by atoms with Crippen molar-refractivity contribution >= 4 is 35.0 Å². The van der Waals surface area contributed by atoms with E-state index in [9.17, 15) is 9.59 Å². The van der Waals surface area contributed by atoms with E-state index >= 15 is 0 Å². The van der Waals surface area contributed by atoms with Crippen LogP contribution in [0.25, 0.3) is 0 Å². The number of carbonyl (C=O) groups excluding carboxylic acids is 2. The van der Waals surface area contributed by atoms with Crippen LogP contribution in [-0.2, 0) is 4.79 Å². The fourth-order valence-electron chi connectivity index (χ4n) is 6.18. The average molecular weight is 638 g/mol. The van der Waals surface area contributed by atoms with E-state index in [2.05, 4.69) is 96.7 Å². The molecule has 1 aliphatic rings. The van der Waals surface area contributed by atoms with Crippen LogP contribution in [0.1, 0.15) is 74.4 Å². The first kappa shape index (κ1) is 34.0.